The molecule has 0 aliphatic carbocycles. The van der Waals surface area contributed by atoms with Crippen molar-refractivity contribution < 1.29 is 28.3 Å². The number of aromatic nitrogens is 1. The lowest BCUT2D eigenvalue weighted by Crippen LogP contribution is -2.41. The third-order valence-corrected chi connectivity index (χ3v) is 7.31. The van der Waals surface area contributed by atoms with Crippen LogP contribution in [-0.2, 0) is 24.2 Å². The van der Waals surface area contributed by atoms with E-state index in [-0.39, 0.29) is 12.8 Å². The van der Waals surface area contributed by atoms with Crippen LogP contribution in [0, 0.1) is 0 Å². The molecular weight excluding hydrogens is 466 g/mol. The summed E-state index contributed by atoms with van der Waals surface area (Å²) in [6.07, 6.45) is 3.68. The van der Waals surface area contributed by atoms with E-state index in [4.69, 9.17) is 18.9 Å². The molecule has 0 bridgehead atoms. The van der Waals surface area contributed by atoms with Gasteiger partial charge in [-0.05, 0) is 46.9 Å². The maximum Gasteiger partial charge on any atom is 0.308 e. The number of carbonyl (C=O) groups is 1. The monoisotopic (exact) mass is 496 g/mol. The number of fused-ring (bicyclic) bond motifs is 5. The van der Waals surface area contributed by atoms with E-state index < -0.39 is 0 Å². The summed E-state index contributed by atoms with van der Waals surface area (Å²) < 4.78 is 25.0. The van der Waals surface area contributed by atoms with Gasteiger partial charge in [0.1, 0.15) is 0 Å². The number of pyridine rings is 1. The van der Waals surface area contributed by atoms with Crippen LogP contribution in [-0.4, -0.2) is 19.9 Å². The average Bonchev–Trinajstić information content (AvgIpc) is 3.35. The Morgan fingerprint density at radius 1 is 1.03 bits per heavy atom. The molecule has 3 heterocycles. The third-order valence-electron chi connectivity index (χ3n) is 7.31. The Balaban J connectivity index is 1.61. The SMILES string of the molecule is COc1ccc2c(Cc3ccc(C(C)C)cc3)c3[n+](cc2c1OC(C)=O)CCc1cc2c(cc1-3)OCO2. The Morgan fingerprint density at radius 2 is 1.78 bits per heavy atom. The molecule has 6 nitrogen and oxygen atoms in total. The first-order valence-electron chi connectivity index (χ1n) is 12.7. The molecule has 0 unspecified atom stereocenters. The van der Waals surface area contributed by atoms with Crippen molar-refractivity contribution in [3.8, 4) is 34.3 Å². The standard InChI is InChI=1S/C31H30NO5/c1-18(2)21-7-5-20(6-8-21)13-25-23-9-10-27(34-4)31(37-19(3)33)26(23)16-32-12-11-22-14-28-29(36-17-35-28)15-24(22)30(25)32/h5-10,14-16,18H,11-13,17H2,1-4H3/q+1. The summed E-state index contributed by atoms with van der Waals surface area (Å²) in [5.41, 5.74) is 7.25. The quantitative estimate of drug-likeness (QED) is 0.201. The van der Waals surface area contributed by atoms with Crippen molar-refractivity contribution in [1.29, 1.82) is 0 Å². The number of aryl methyl sites for hydroxylation is 2. The number of methoxy groups -OCH3 is 1. The molecule has 3 aromatic carbocycles. The third kappa shape index (κ3) is 4.06. The maximum atomic E-state index is 12.0. The Kier molecular flexibility index (Phi) is 5.75. The largest absolute Gasteiger partial charge is 0.493 e. The van der Waals surface area contributed by atoms with E-state index in [0.717, 1.165) is 52.9 Å². The second-order valence-corrected chi connectivity index (χ2v) is 9.99. The minimum Gasteiger partial charge on any atom is -0.493 e. The molecule has 0 fully saturated rings. The molecule has 0 saturated heterocycles. The fourth-order valence-corrected chi connectivity index (χ4v) is 5.45. The second kappa shape index (κ2) is 9.11. The predicted molar refractivity (Wildman–Crippen MR) is 141 cm³/mol. The molecule has 6 heteroatoms. The number of carbonyl (C=O) groups excluding carboxylic acids is 1. The summed E-state index contributed by atoms with van der Waals surface area (Å²) in [4.78, 5) is 12.0. The molecule has 2 aliphatic rings. The predicted octanol–water partition coefficient (Wildman–Crippen LogP) is 5.73. The smallest absolute Gasteiger partial charge is 0.308 e. The Morgan fingerprint density at radius 3 is 2.49 bits per heavy atom. The summed E-state index contributed by atoms with van der Waals surface area (Å²) in [7, 11) is 1.59. The van der Waals surface area contributed by atoms with Crippen LogP contribution in [0.25, 0.3) is 22.0 Å². The molecule has 188 valence electrons. The molecule has 0 N–H and O–H groups in total. The van der Waals surface area contributed by atoms with E-state index in [2.05, 4.69) is 67.1 Å². The molecule has 0 spiro atoms. The first kappa shape index (κ1) is 23.3. The van der Waals surface area contributed by atoms with Crippen molar-refractivity contribution in [2.24, 2.45) is 0 Å². The summed E-state index contributed by atoms with van der Waals surface area (Å²) in [6.45, 7) is 6.88. The number of nitrogens with zero attached hydrogens (tertiary/aromatic N) is 1. The van der Waals surface area contributed by atoms with Crippen LogP contribution in [0.2, 0.25) is 0 Å². The van der Waals surface area contributed by atoms with Crippen LogP contribution in [0.4, 0.5) is 0 Å². The van der Waals surface area contributed by atoms with Gasteiger partial charge in [0.25, 0.3) is 0 Å². The lowest BCUT2D eigenvalue weighted by atomic mass is 9.88. The number of rotatable bonds is 5. The highest BCUT2D eigenvalue weighted by Crippen LogP contribution is 2.44. The highest BCUT2D eigenvalue weighted by molar-refractivity contribution is 5.96. The number of hydrogen-bond donors (Lipinski definition) is 0. The second-order valence-electron chi connectivity index (χ2n) is 9.99. The molecule has 1 aromatic heterocycles. The first-order valence-corrected chi connectivity index (χ1v) is 12.7. The van der Waals surface area contributed by atoms with Gasteiger partial charge in [0.2, 0.25) is 12.5 Å². The van der Waals surface area contributed by atoms with E-state index in [1.807, 2.05) is 6.07 Å². The summed E-state index contributed by atoms with van der Waals surface area (Å²) in [5.74, 6) is 2.67. The van der Waals surface area contributed by atoms with Gasteiger partial charge in [-0.1, -0.05) is 38.1 Å². The van der Waals surface area contributed by atoms with E-state index in [0.29, 0.717) is 17.4 Å². The molecule has 0 radical (unpaired) electrons. The molecule has 0 saturated carbocycles. The fraction of sp³-hybridized carbons (Fsp3) is 0.290. The molecule has 0 amide bonds. The van der Waals surface area contributed by atoms with Gasteiger partial charge >= 0.3 is 5.97 Å². The Hall–Kier alpha value is -4.06. The van der Waals surface area contributed by atoms with E-state index in [1.165, 1.54) is 29.2 Å². The van der Waals surface area contributed by atoms with Crippen LogP contribution in [0.1, 0.15) is 48.9 Å². The Bertz CT molecular complexity index is 1540. The van der Waals surface area contributed by atoms with Crippen LogP contribution < -0.4 is 23.5 Å². The zero-order valence-corrected chi connectivity index (χ0v) is 21.6. The van der Waals surface area contributed by atoms with Gasteiger partial charge in [-0.2, -0.15) is 4.57 Å². The minimum absolute atomic E-state index is 0.247. The molecule has 0 atom stereocenters. The van der Waals surface area contributed by atoms with Gasteiger partial charge in [-0.3, -0.25) is 4.79 Å². The van der Waals surface area contributed by atoms with Crippen molar-refractivity contribution >= 4 is 16.7 Å². The van der Waals surface area contributed by atoms with Crippen LogP contribution in [0.5, 0.6) is 23.0 Å². The van der Waals surface area contributed by atoms with Gasteiger partial charge in [0.05, 0.1) is 18.1 Å². The number of hydrogen-bond acceptors (Lipinski definition) is 5. The van der Waals surface area contributed by atoms with Crippen molar-refractivity contribution in [3.63, 3.8) is 0 Å². The summed E-state index contributed by atoms with van der Waals surface area (Å²) >= 11 is 0. The summed E-state index contributed by atoms with van der Waals surface area (Å²) in [5, 5.41) is 1.89. The van der Waals surface area contributed by atoms with Crippen LogP contribution in [0.15, 0.2) is 54.7 Å². The van der Waals surface area contributed by atoms with E-state index in [9.17, 15) is 4.79 Å². The molecule has 6 rings (SSSR count). The molecular formula is C31H30NO5+. The van der Waals surface area contributed by atoms with E-state index in [1.54, 1.807) is 7.11 Å². The minimum atomic E-state index is -0.377. The van der Waals surface area contributed by atoms with Gasteiger partial charge < -0.3 is 18.9 Å². The molecule has 2 aliphatic heterocycles. The normalized spacial score (nSPS) is 13.4. The van der Waals surface area contributed by atoms with Gasteiger partial charge in [0.15, 0.2) is 35.7 Å². The average molecular weight is 497 g/mol. The van der Waals surface area contributed by atoms with Crippen molar-refractivity contribution in [3.05, 3.63) is 77.0 Å². The number of esters is 1. The first-order chi connectivity index (χ1) is 17.9. The van der Waals surface area contributed by atoms with Gasteiger partial charge in [-0.15, -0.1) is 0 Å². The fourth-order valence-electron chi connectivity index (χ4n) is 5.45. The van der Waals surface area contributed by atoms with Crippen molar-refractivity contribution in [1.82, 2.24) is 0 Å². The zero-order chi connectivity index (χ0) is 25.7. The zero-order valence-electron chi connectivity index (χ0n) is 21.6. The van der Waals surface area contributed by atoms with Crippen LogP contribution >= 0.6 is 0 Å². The highest BCUT2D eigenvalue weighted by Gasteiger charge is 2.32. The molecule has 4 aromatic rings. The Labute approximate surface area is 216 Å². The topological polar surface area (TPSA) is 57.9 Å². The van der Waals surface area contributed by atoms with Crippen LogP contribution in [0.3, 0.4) is 0 Å². The highest BCUT2D eigenvalue weighted by atomic mass is 16.7. The number of ether oxygens (including phenoxy) is 4. The van der Waals surface area contributed by atoms with Crippen molar-refractivity contribution in [2.75, 3.05) is 13.9 Å². The lowest BCUT2D eigenvalue weighted by molar-refractivity contribution is -0.686. The lowest BCUT2D eigenvalue weighted by Gasteiger charge is -2.21. The van der Waals surface area contributed by atoms with Gasteiger partial charge in [0, 0.05) is 30.7 Å². The molecule has 37 heavy (non-hydrogen) atoms. The van der Waals surface area contributed by atoms with Crippen molar-refractivity contribution in [2.45, 2.75) is 46.1 Å². The van der Waals surface area contributed by atoms with Gasteiger partial charge in [-0.25, -0.2) is 0 Å². The maximum absolute atomic E-state index is 12.0. The van der Waals surface area contributed by atoms with E-state index >= 15 is 0 Å². The number of benzene rings is 3. The summed E-state index contributed by atoms with van der Waals surface area (Å²) in [6, 6.07) is 17.0.